The number of benzene rings is 1. The summed E-state index contributed by atoms with van der Waals surface area (Å²) < 4.78 is 24.0. The van der Waals surface area contributed by atoms with Gasteiger partial charge in [0.15, 0.2) is 0 Å². The highest BCUT2D eigenvalue weighted by atomic mass is 35.5. The Morgan fingerprint density at radius 1 is 1.40 bits per heavy atom. The number of hydrogen-bond donors (Lipinski definition) is 1. The van der Waals surface area contributed by atoms with Gasteiger partial charge in [0.25, 0.3) is 5.91 Å². The van der Waals surface area contributed by atoms with E-state index >= 15 is 0 Å². The summed E-state index contributed by atoms with van der Waals surface area (Å²) in [6, 6.07) is 4.19. The highest BCUT2D eigenvalue weighted by Gasteiger charge is 2.31. The average Bonchev–Trinajstić information content (AvgIpc) is 2.46. The molecule has 0 aliphatic carbocycles. The van der Waals surface area contributed by atoms with Crippen LogP contribution in [0.4, 0.5) is 10.1 Å². The zero-order valence-electron chi connectivity index (χ0n) is 10.8. The van der Waals surface area contributed by atoms with Gasteiger partial charge >= 0.3 is 0 Å². The maximum absolute atomic E-state index is 13.2. The van der Waals surface area contributed by atoms with E-state index in [0.29, 0.717) is 37.7 Å². The third-order valence-electron chi connectivity index (χ3n) is 3.25. The van der Waals surface area contributed by atoms with Crippen LogP contribution < -0.4 is 15.0 Å². The molecule has 0 aromatic heterocycles. The molecule has 2 aliphatic heterocycles. The van der Waals surface area contributed by atoms with E-state index in [1.54, 1.807) is 11.0 Å². The van der Waals surface area contributed by atoms with Crippen LogP contribution in [0.25, 0.3) is 0 Å². The summed E-state index contributed by atoms with van der Waals surface area (Å²) in [4.78, 5) is 14.0. The van der Waals surface area contributed by atoms with Crippen LogP contribution in [-0.4, -0.2) is 44.9 Å². The first-order valence-electron chi connectivity index (χ1n) is 6.32. The number of ether oxygens (including phenoxy) is 2. The van der Waals surface area contributed by atoms with Gasteiger partial charge in [-0.15, -0.1) is 12.4 Å². The number of morpholine rings is 1. The second kappa shape index (κ2) is 6.39. The van der Waals surface area contributed by atoms with E-state index in [-0.39, 0.29) is 24.1 Å². The van der Waals surface area contributed by atoms with Crippen molar-refractivity contribution in [2.24, 2.45) is 0 Å². The van der Waals surface area contributed by atoms with Crippen molar-refractivity contribution in [2.45, 2.75) is 6.10 Å². The van der Waals surface area contributed by atoms with Crippen LogP contribution >= 0.6 is 12.4 Å². The van der Waals surface area contributed by atoms with Gasteiger partial charge in [0.05, 0.1) is 18.8 Å². The third kappa shape index (κ3) is 2.87. The summed E-state index contributed by atoms with van der Waals surface area (Å²) in [6.07, 6.45) is -0.482. The van der Waals surface area contributed by atoms with Gasteiger partial charge in [-0.25, -0.2) is 4.39 Å². The first kappa shape index (κ1) is 15.0. The van der Waals surface area contributed by atoms with Crippen molar-refractivity contribution < 1.29 is 18.7 Å². The van der Waals surface area contributed by atoms with Gasteiger partial charge in [0.2, 0.25) is 0 Å². The smallest absolute Gasteiger partial charge is 0.257 e. The van der Waals surface area contributed by atoms with Crippen LogP contribution in [0.15, 0.2) is 18.2 Å². The number of nitrogens with one attached hydrogen (secondary N) is 1. The number of nitrogens with zero attached hydrogens (tertiary/aromatic N) is 1. The lowest BCUT2D eigenvalue weighted by Gasteiger charge is -2.33. The summed E-state index contributed by atoms with van der Waals surface area (Å²) in [5.74, 6) is -0.0737. The maximum Gasteiger partial charge on any atom is 0.257 e. The monoisotopic (exact) mass is 302 g/mol. The highest BCUT2D eigenvalue weighted by molar-refractivity contribution is 5.98. The molecule has 0 spiro atoms. The number of hydrogen-bond acceptors (Lipinski definition) is 4. The molecule has 20 heavy (non-hydrogen) atoms. The molecule has 1 saturated heterocycles. The van der Waals surface area contributed by atoms with E-state index in [2.05, 4.69) is 5.32 Å². The second-order valence-corrected chi connectivity index (χ2v) is 4.51. The van der Waals surface area contributed by atoms with E-state index in [9.17, 15) is 9.18 Å². The molecule has 1 unspecified atom stereocenters. The molecule has 1 aromatic carbocycles. The third-order valence-corrected chi connectivity index (χ3v) is 3.25. The van der Waals surface area contributed by atoms with Crippen molar-refractivity contribution in [3.8, 4) is 5.75 Å². The number of rotatable bonds is 1. The van der Waals surface area contributed by atoms with Crippen molar-refractivity contribution in [1.29, 1.82) is 0 Å². The SMILES string of the molecule is Cl.O=C(C1CNCCO1)N1CCOc2cc(F)ccc21. The molecule has 2 aliphatic rings. The van der Waals surface area contributed by atoms with Crippen LogP contribution in [0.5, 0.6) is 5.75 Å². The Morgan fingerprint density at radius 2 is 2.25 bits per heavy atom. The van der Waals surface area contributed by atoms with Gasteiger partial charge in [0.1, 0.15) is 24.3 Å². The lowest BCUT2D eigenvalue weighted by molar-refractivity contribution is -0.131. The molecule has 3 rings (SSSR count). The molecule has 1 atom stereocenters. The molecule has 7 heteroatoms. The van der Waals surface area contributed by atoms with Crippen LogP contribution in [0.3, 0.4) is 0 Å². The quantitative estimate of drug-likeness (QED) is 0.839. The molecular weight excluding hydrogens is 287 g/mol. The summed E-state index contributed by atoms with van der Waals surface area (Å²) in [6.45, 7) is 2.61. The molecule has 1 fully saturated rings. The topological polar surface area (TPSA) is 50.8 Å². The average molecular weight is 303 g/mol. The Morgan fingerprint density at radius 3 is 3.00 bits per heavy atom. The predicted molar refractivity (Wildman–Crippen MR) is 74.1 cm³/mol. The Kier molecular flexibility index (Phi) is 4.80. The summed E-state index contributed by atoms with van der Waals surface area (Å²) >= 11 is 0. The van der Waals surface area contributed by atoms with Crippen molar-refractivity contribution >= 4 is 24.0 Å². The van der Waals surface area contributed by atoms with Gasteiger partial charge in [-0.2, -0.15) is 0 Å². The predicted octanol–water partition coefficient (Wildman–Crippen LogP) is 0.961. The van der Waals surface area contributed by atoms with E-state index in [0.717, 1.165) is 6.54 Å². The molecule has 2 heterocycles. The Balaban J connectivity index is 0.00000147. The van der Waals surface area contributed by atoms with Crippen molar-refractivity contribution in [3.05, 3.63) is 24.0 Å². The van der Waals surface area contributed by atoms with Crippen molar-refractivity contribution in [1.82, 2.24) is 5.32 Å². The highest BCUT2D eigenvalue weighted by Crippen LogP contribution is 2.32. The summed E-state index contributed by atoms with van der Waals surface area (Å²) in [5.41, 5.74) is 0.604. The number of fused-ring (bicyclic) bond motifs is 1. The Labute approximate surface area is 122 Å². The minimum atomic E-state index is -0.482. The van der Waals surface area contributed by atoms with Crippen LogP contribution in [0.1, 0.15) is 0 Å². The molecule has 1 amide bonds. The molecule has 0 radical (unpaired) electrons. The van der Waals surface area contributed by atoms with E-state index in [1.165, 1.54) is 12.1 Å². The maximum atomic E-state index is 13.2. The molecular formula is C13H16ClFN2O3. The van der Waals surface area contributed by atoms with Gasteiger partial charge in [-0.1, -0.05) is 0 Å². The van der Waals surface area contributed by atoms with Gasteiger partial charge in [-0.05, 0) is 12.1 Å². The molecule has 1 N–H and O–H groups in total. The van der Waals surface area contributed by atoms with Crippen molar-refractivity contribution in [3.63, 3.8) is 0 Å². The zero-order valence-corrected chi connectivity index (χ0v) is 11.6. The van der Waals surface area contributed by atoms with Gasteiger partial charge in [0, 0.05) is 19.2 Å². The number of anilines is 1. The normalized spacial score (nSPS) is 21.4. The Bertz CT molecular complexity index is 495. The minimum Gasteiger partial charge on any atom is -0.489 e. The molecule has 1 aromatic rings. The summed E-state index contributed by atoms with van der Waals surface area (Å²) in [7, 11) is 0. The first-order valence-corrected chi connectivity index (χ1v) is 6.32. The van der Waals surface area contributed by atoms with Crippen LogP contribution in [0, 0.1) is 5.82 Å². The van der Waals surface area contributed by atoms with Crippen LogP contribution in [0.2, 0.25) is 0 Å². The molecule has 5 nitrogen and oxygen atoms in total. The van der Waals surface area contributed by atoms with E-state index in [4.69, 9.17) is 9.47 Å². The van der Waals surface area contributed by atoms with Crippen molar-refractivity contribution in [2.75, 3.05) is 37.7 Å². The first-order chi connectivity index (χ1) is 9.25. The minimum absolute atomic E-state index is 0. The number of amides is 1. The number of carbonyl (C=O) groups is 1. The van der Waals surface area contributed by atoms with E-state index < -0.39 is 6.10 Å². The fourth-order valence-electron chi connectivity index (χ4n) is 2.32. The van der Waals surface area contributed by atoms with Gasteiger partial charge < -0.3 is 19.7 Å². The van der Waals surface area contributed by atoms with Gasteiger partial charge in [-0.3, -0.25) is 4.79 Å². The fraction of sp³-hybridized carbons (Fsp3) is 0.462. The summed E-state index contributed by atoms with van der Waals surface area (Å²) in [5, 5.41) is 3.12. The zero-order chi connectivity index (χ0) is 13.2. The van der Waals surface area contributed by atoms with Crippen LogP contribution in [-0.2, 0) is 9.53 Å². The fourth-order valence-corrected chi connectivity index (χ4v) is 2.32. The van der Waals surface area contributed by atoms with E-state index in [1.807, 2.05) is 0 Å². The lowest BCUT2D eigenvalue weighted by Crippen LogP contribution is -2.51. The number of halogens is 2. The number of carbonyl (C=O) groups excluding carboxylic acids is 1. The molecule has 0 saturated carbocycles. The molecule has 0 bridgehead atoms. The standard InChI is InChI=1S/C13H15FN2O3.ClH/c14-9-1-2-10-11(7-9)19-6-4-16(10)13(17)12-8-15-3-5-18-12;/h1-2,7,12,15H,3-6,8H2;1H. The lowest BCUT2D eigenvalue weighted by atomic mass is 10.2. The largest absolute Gasteiger partial charge is 0.489 e. The molecule has 110 valence electrons. The second-order valence-electron chi connectivity index (χ2n) is 4.51. The Hall–Kier alpha value is -1.37.